The predicted molar refractivity (Wildman–Crippen MR) is 69.1 cm³/mol. The van der Waals surface area contributed by atoms with Crippen LogP contribution in [0.1, 0.15) is 31.4 Å². The molecule has 0 spiro atoms. The number of piperidine rings is 1. The molecule has 1 fully saturated rings. The second-order valence-corrected chi connectivity index (χ2v) is 5.02. The number of halogens is 1. The van der Waals surface area contributed by atoms with Crippen molar-refractivity contribution in [3.05, 3.63) is 29.6 Å². The van der Waals surface area contributed by atoms with E-state index in [9.17, 15) is 14.6 Å². The molecule has 1 aromatic rings. The zero-order valence-electron chi connectivity index (χ0n) is 10.6. The van der Waals surface area contributed by atoms with E-state index in [1.54, 1.807) is 19.1 Å². The van der Waals surface area contributed by atoms with Crippen molar-refractivity contribution in [1.29, 1.82) is 0 Å². The molecule has 2 rings (SSSR count). The molecule has 2 atom stereocenters. The predicted octanol–water partition coefficient (Wildman–Crippen LogP) is 2.09. The highest BCUT2D eigenvalue weighted by Gasteiger charge is 2.21. The summed E-state index contributed by atoms with van der Waals surface area (Å²) in [5.74, 6) is -0.0680. The van der Waals surface area contributed by atoms with Crippen molar-refractivity contribution in [2.45, 2.75) is 25.9 Å². The summed E-state index contributed by atoms with van der Waals surface area (Å²) in [5.41, 5.74) is 1.16. The van der Waals surface area contributed by atoms with Gasteiger partial charge < -0.3 is 15.1 Å². The SMILES string of the molecule is CC(O)c1ccc(N2CCCC(CO)C2)c(F)c1. The van der Waals surface area contributed by atoms with E-state index in [0.717, 1.165) is 19.4 Å². The average molecular weight is 253 g/mol. The number of benzene rings is 1. The first-order chi connectivity index (χ1) is 8.61. The highest BCUT2D eigenvalue weighted by molar-refractivity contribution is 5.49. The van der Waals surface area contributed by atoms with Crippen molar-refractivity contribution in [2.75, 3.05) is 24.6 Å². The Labute approximate surface area is 107 Å². The lowest BCUT2D eigenvalue weighted by Crippen LogP contribution is -2.37. The molecular weight excluding hydrogens is 233 g/mol. The Balaban J connectivity index is 2.17. The lowest BCUT2D eigenvalue weighted by molar-refractivity contribution is 0.198. The minimum Gasteiger partial charge on any atom is -0.396 e. The van der Waals surface area contributed by atoms with Crippen molar-refractivity contribution >= 4 is 5.69 Å². The molecule has 2 N–H and O–H groups in total. The van der Waals surface area contributed by atoms with E-state index in [4.69, 9.17) is 0 Å². The maximum Gasteiger partial charge on any atom is 0.146 e. The maximum atomic E-state index is 14.0. The van der Waals surface area contributed by atoms with Gasteiger partial charge in [0, 0.05) is 19.7 Å². The van der Waals surface area contributed by atoms with E-state index in [-0.39, 0.29) is 18.3 Å². The summed E-state index contributed by atoms with van der Waals surface area (Å²) in [6.45, 7) is 3.30. The first-order valence-corrected chi connectivity index (χ1v) is 6.45. The van der Waals surface area contributed by atoms with Gasteiger partial charge in [0.05, 0.1) is 11.8 Å². The normalized spacial score (nSPS) is 22.0. The quantitative estimate of drug-likeness (QED) is 0.867. The molecule has 3 nitrogen and oxygen atoms in total. The van der Waals surface area contributed by atoms with Crippen molar-refractivity contribution in [1.82, 2.24) is 0 Å². The molecule has 0 aliphatic carbocycles. The van der Waals surface area contributed by atoms with Crippen LogP contribution in [0.15, 0.2) is 18.2 Å². The van der Waals surface area contributed by atoms with Gasteiger partial charge in [-0.15, -0.1) is 0 Å². The van der Waals surface area contributed by atoms with Crippen LogP contribution in [0.2, 0.25) is 0 Å². The van der Waals surface area contributed by atoms with Gasteiger partial charge in [0.15, 0.2) is 0 Å². The smallest absolute Gasteiger partial charge is 0.146 e. The van der Waals surface area contributed by atoms with Gasteiger partial charge in [-0.25, -0.2) is 4.39 Å². The van der Waals surface area contributed by atoms with Crippen LogP contribution >= 0.6 is 0 Å². The Hall–Kier alpha value is -1.13. The van der Waals surface area contributed by atoms with E-state index in [0.29, 0.717) is 17.8 Å². The number of aliphatic hydroxyl groups excluding tert-OH is 2. The van der Waals surface area contributed by atoms with Crippen LogP contribution in [-0.2, 0) is 0 Å². The minimum atomic E-state index is -0.653. The second kappa shape index (κ2) is 5.67. The minimum absolute atomic E-state index is 0.157. The Bertz CT molecular complexity index is 409. The monoisotopic (exact) mass is 253 g/mol. The van der Waals surface area contributed by atoms with E-state index >= 15 is 0 Å². The van der Waals surface area contributed by atoms with E-state index < -0.39 is 6.10 Å². The Kier molecular flexibility index (Phi) is 4.19. The third-order valence-electron chi connectivity index (χ3n) is 3.57. The fourth-order valence-corrected chi connectivity index (χ4v) is 2.47. The number of rotatable bonds is 3. The van der Waals surface area contributed by atoms with E-state index in [2.05, 4.69) is 0 Å². The third-order valence-corrected chi connectivity index (χ3v) is 3.57. The van der Waals surface area contributed by atoms with Crippen molar-refractivity contribution < 1.29 is 14.6 Å². The van der Waals surface area contributed by atoms with E-state index in [1.165, 1.54) is 6.07 Å². The fraction of sp³-hybridized carbons (Fsp3) is 0.571. The molecule has 4 heteroatoms. The molecule has 1 aliphatic heterocycles. The number of hydrogen-bond donors (Lipinski definition) is 2. The molecule has 0 bridgehead atoms. The van der Waals surface area contributed by atoms with Gasteiger partial charge in [-0.3, -0.25) is 0 Å². The highest BCUT2D eigenvalue weighted by Crippen LogP contribution is 2.27. The molecule has 1 saturated heterocycles. The highest BCUT2D eigenvalue weighted by atomic mass is 19.1. The zero-order chi connectivity index (χ0) is 13.1. The van der Waals surface area contributed by atoms with Gasteiger partial charge in [0.2, 0.25) is 0 Å². The van der Waals surface area contributed by atoms with E-state index in [1.807, 2.05) is 4.90 Å². The molecule has 0 radical (unpaired) electrons. The third kappa shape index (κ3) is 2.82. The molecule has 100 valence electrons. The molecule has 1 heterocycles. The summed E-state index contributed by atoms with van der Waals surface area (Å²) >= 11 is 0. The van der Waals surface area contributed by atoms with Gasteiger partial charge in [-0.2, -0.15) is 0 Å². The molecule has 1 aromatic carbocycles. The van der Waals surface area contributed by atoms with Crippen LogP contribution in [0.4, 0.5) is 10.1 Å². The van der Waals surface area contributed by atoms with Gasteiger partial charge in [-0.05, 0) is 43.4 Å². The molecule has 0 saturated carbocycles. The summed E-state index contributed by atoms with van der Waals surface area (Å²) in [5, 5.41) is 18.6. The number of hydrogen-bond acceptors (Lipinski definition) is 3. The number of aliphatic hydroxyl groups is 2. The van der Waals surface area contributed by atoms with Crippen molar-refractivity contribution in [3.8, 4) is 0 Å². The summed E-state index contributed by atoms with van der Waals surface area (Å²) in [4.78, 5) is 1.98. The number of anilines is 1. The van der Waals surface area contributed by atoms with Crippen molar-refractivity contribution in [2.24, 2.45) is 5.92 Å². The van der Waals surface area contributed by atoms with Crippen LogP contribution in [-0.4, -0.2) is 29.9 Å². The zero-order valence-corrected chi connectivity index (χ0v) is 10.6. The lowest BCUT2D eigenvalue weighted by atomic mass is 9.98. The summed E-state index contributed by atoms with van der Waals surface area (Å²) < 4.78 is 14.0. The Morgan fingerprint density at radius 1 is 1.50 bits per heavy atom. The number of nitrogens with zero attached hydrogens (tertiary/aromatic N) is 1. The summed E-state index contributed by atoms with van der Waals surface area (Å²) in [7, 11) is 0. The topological polar surface area (TPSA) is 43.7 Å². The maximum absolute atomic E-state index is 14.0. The standard InChI is InChI=1S/C14H20FNO2/c1-10(18)12-4-5-14(13(15)7-12)16-6-2-3-11(8-16)9-17/h4-5,7,10-11,17-18H,2-3,6,8-9H2,1H3. The summed E-state index contributed by atoms with van der Waals surface area (Å²) in [6, 6.07) is 4.87. The van der Waals surface area contributed by atoms with Crippen LogP contribution in [0.5, 0.6) is 0 Å². The fourth-order valence-electron chi connectivity index (χ4n) is 2.47. The summed E-state index contributed by atoms with van der Waals surface area (Å²) in [6.07, 6.45) is 1.32. The van der Waals surface area contributed by atoms with Gasteiger partial charge in [0.1, 0.15) is 5.82 Å². The molecule has 18 heavy (non-hydrogen) atoms. The molecule has 2 unspecified atom stereocenters. The van der Waals surface area contributed by atoms with Crippen LogP contribution in [0.25, 0.3) is 0 Å². The van der Waals surface area contributed by atoms with Gasteiger partial charge in [-0.1, -0.05) is 6.07 Å². The van der Waals surface area contributed by atoms with Gasteiger partial charge in [0.25, 0.3) is 0 Å². The molecule has 0 amide bonds. The Morgan fingerprint density at radius 3 is 2.89 bits per heavy atom. The Morgan fingerprint density at radius 2 is 2.28 bits per heavy atom. The molecule has 1 aliphatic rings. The largest absolute Gasteiger partial charge is 0.396 e. The van der Waals surface area contributed by atoms with Crippen LogP contribution < -0.4 is 4.90 Å². The first kappa shape index (κ1) is 13.3. The second-order valence-electron chi connectivity index (χ2n) is 5.02. The van der Waals surface area contributed by atoms with Gasteiger partial charge >= 0.3 is 0 Å². The molecule has 0 aromatic heterocycles. The van der Waals surface area contributed by atoms with Crippen LogP contribution in [0.3, 0.4) is 0 Å². The first-order valence-electron chi connectivity index (χ1n) is 6.45. The lowest BCUT2D eigenvalue weighted by Gasteiger charge is -2.34. The average Bonchev–Trinajstić information content (AvgIpc) is 2.38. The van der Waals surface area contributed by atoms with Crippen LogP contribution in [0, 0.1) is 11.7 Å². The molecular formula is C14H20FNO2. The van der Waals surface area contributed by atoms with Crippen molar-refractivity contribution in [3.63, 3.8) is 0 Å².